The third-order valence-corrected chi connectivity index (χ3v) is 6.43. The number of hydrogen-bond donors (Lipinski definition) is 0. The average molecular weight is 542 g/mol. The lowest BCUT2D eigenvalue weighted by atomic mass is 10.1. The number of ether oxygens (including phenoxy) is 1. The first-order valence-electron chi connectivity index (χ1n) is 12.3. The minimum Gasteiger partial charge on any atom is -0.467 e. The van der Waals surface area contributed by atoms with E-state index < -0.39 is 22.4 Å². The van der Waals surface area contributed by atoms with Crippen LogP contribution in [0.15, 0.2) is 75.2 Å². The molecule has 0 atom stereocenters. The molecule has 0 unspecified atom stereocenters. The predicted molar refractivity (Wildman–Crippen MR) is 143 cm³/mol. The van der Waals surface area contributed by atoms with Crippen LogP contribution in [0, 0.1) is 24.0 Å². The van der Waals surface area contributed by atoms with Gasteiger partial charge < -0.3 is 13.7 Å². The summed E-state index contributed by atoms with van der Waals surface area (Å²) in [5.41, 5.74) is 0.399. The van der Waals surface area contributed by atoms with Crippen LogP contribution < -0.4 is 11.0 Å². The molecule has 12 nitrogen and oxygen atoms in total. The van der Waals surface area contributed by atoms with Gasteiger partial charge >= 0.3 is 5.97 Å². The molecule has 0 aliphatic heterocycles. The number of esters is 1. The Morgan fingerprint density at radius 2 is 1.90 bits per heavy atom. The number of nitrogens with zero attached hydrogens (tertiary/aromatic N) is 5. The summed E-state index contributed by atoms with van der Waals surface area (Å²) >= 11 is 0. The number of fused-ring (bicyclic) bond motifs is 2. The zero-order chi connectivity index (χ0) is 28.6. The van der Waals surface area contributed by atoms with Gasteiger partial charge in [0.2, 0.25) is 0 Å². The molecule has 0 aliphatic carbocycles. The number of benzene rings is 1. The van der Waals surface area contributed by atoms with Crippen molar-refractivity contribution in [2.24, 2.45) is 4.99 Å². The zero-order valence-corrected chi connectivity index (χ0v) is 21.8. The standard InChI is InChI=1S/C28H23N5O7/c1-4-39-28(36)21-14-20-24(29-23-16(2)8-6-12-31(23)27(20)35)32(15-18-9-7-13-40-18)25(21)30-26(34)19-10-5-11-22(17(19)3)33(37)38/h5-14H,4,15H2,1-3H3. The van der Waals surface area contributed by atoms with E-state index in [-0.39, 0.29) is 52.1 Å². The van der Waals surface area contributed by atoms with E-state index >= 15 is 0 Å². The van der Waals surface area contributed by atoms with Crippen molar-refractivity contribution in [3.8, 4) is 0 Å². The SMILES string of the molecule is CCOC(=O)c1cc2c(=O)n3cccc(C)c3nc2n(Cc2ccco2)c1=NC(=O)c1cccc([N+](=O)[O-])c1C. The molecule has 1 amide bonds. The van der Waals surface area contributed by atoms with Gasteiger partial charge in [0.25, 0.3) is 17.2 Å². The molecule has 0 saturated heterocycles. The molecule has 40 heavy (non-hydrogen) atoms. The van der Waals surface area contributed by atoms with Crippen LogP contribution in [0.25, 0.3) is 16.7 Å². The first kappa shape index (κ1) is 26.2. The minimum absolute atomic E-state index is 0.0176. The first-order chi connectivity index (χ1) is 19.2. The van der Waals surface area contributed by atoms with E-state index in [0.29, 0.717) is 11.4 Å². The van der Waals surface area contributed by atoms with Gasteiger partial charge in [0.15, 0.2) is 5.49 Å². The van der Waals surface area contributed by atoms with Crippen molar-refractivity contribution < 1.29 is 23.7 Å². The Morgan fingerprint density at radius 3 is 2.60 bits per heavy atom. The van der Waals surface area contributed by atoms with Crippen LogP contribution in [0.3, 0.4) is 0 Å². The molecule has 0 fully saturated rings. The normalized spacial score (nSPS) is 11.7. The largest absolute Gasteiger partial charge is 0.467 e. The lowest BCUT2D eigenvalue weighted by molar-refractivity contribution is -0.385. The van der Waals surface area contributed by atoms with E-state index in [1.165, 1.54) is 46.4 Å². The lowest BCUT2D eigenvalue weighted by Gasteiger charge is -2.15. The summed E-state index contributed by atoms with van der Waals surface area (Å²) < 4.78 is 13.6. The quantitative estimate of drug-likeness (QED) is 0.136. The maximum Gasteiger partial charge on any atom is 0.341 e. The number of aryl methyl sites for hydroxylation is 1. The van der Waals surface area contributed by atoms with E-state index in [0.717, 1.165) is 5.56 Å². The van der Waals surface area contributed by atoms with E-state index in [4.69, 9.17) is 14.1 Å². The smallest absolute Gasteiger partial charge is 0.341 e. The second kappa shape index (κ2) is 10.4. The van der Waals surface area contributed by atoms with Gasteiger partial charge in [-0.25, -0.2) is 9.78 Å². The Hall–Kier alpha value is -5.39. The van der Waals surface area contributed by atoms with Gasteiger partial charge in [-0.05, 0) is 56.7 Å². The molecule has 4 aromatic heterocycles. The highest BCUT2D eigenvalue weighted by Crippen LogP contribution is 2.22. The number of furan rings is 1. The van der Waals surface area contributed by atoms with Crippen LogP contribution >= 0.6 is 0 Å². The van der Waals surface area contributed by atoms with Gasteiger partial charge in [-0.3, -0.25) is 24.1 Å². The van der Waals surface area contributed by atoms with Gasteiger partial charge in [0.1, 0.15) is 22.6 Å². The molecule has 5 aromatic rings. The Kier molecular flexibility index (Phi) is 6.82. The van der Waals surface area contributed by atoms with Crippen LogP contribution in [0.5, 0.6) is 0 Å². The van der Waals surface area contributed by atoms with Gasteiger partial charge in [-0.15, -0.1) is 0 Å². The number of carbonyl (C=O) groups excluding carboxylic acids is 2. The fourth-order valence-electron chi connectivity index (χ4n) is 4.48. The van der Waals surface area contributed by atoms with Crippen LogP contribution in [0.4, 0.5) is 5.69 Å². The minimum atomic E-state index is -0.826. The van der Waals surface area contributed by atoms with E-state index in [1.807, 2.05) is 0 Å². The van der Waals surface area contributed by atoms with E-state index in [1.54, 1.807) is 44.3 Å². The van der Waals surface area contributed by atoms with E-state index in [2.05, 4.69) is 4.99 Å². The molecule has 202 valence electrons. The molecule has 0 spiro atoms. The maximum absolute atomic E-state index is 13.6. The van der Waals surface area contributed by atoms with Crippen molar-refractivity contribution in [1.82, 2.24) is 14.0 Å². The Bertz CT molecular complexity index is 1950. The monoisotopic (exact) mass is 541 g/mol. The number of aromatic nitrogens is 3. The zero-order valence-electron chi connectivity index (χ0n) is 21.8. The molecule has 12 heteroatoms. The summed E-state index contributed by atoms with van der Waals surface area (Å²) in [6, 6.07) is 12.3. The lowest BCUT2D eigenvalue weighted by Crippen LogP contribution is -2.33. The van der Waals surface area contributed by atoms with Crippen molar-refractivity contribution in [3.63, 3.8) is 0 Å². The summed E-state index contributed by atoms with van der Waals surface area (Å²) in [6.07, 6.45) is 3.04. The second-order valence-electron chi connectivity index (χ2n) is 8.93. The van der Waals surface area contributed by atoms with Crippen LogP contribution in [-0.2, 0) is 11.3 Å². The number of carbonyl (C=O) groups is 2. The predicted octanol–water partition coefficient (Wildman–Crippen LogP) is 3.73. The highest BCUT2D eigenvalue weighted by Gasteiger charge is 2.23. The van der Waals surface area contributed by atoms with Crippen LogP contribution in [-0.4, -0.2) is 37.4 Å². The molecule has 0 N–H and O–H groups in total. The topological polar surface area (TPSA) is 151 Å². The molecule has 5 rings (SSSR count). The maximum atomic E-state index is 13.6. The third kappa shape index (κ3) is 4.55. The van der Waals surface area contributed by atoms with Gasteiger partial charge in [-0.2, -0.15) is 4.99 Å². The highest BCUT2D eigenvalue weighted by molar-refractivity contribution is 5.98. The van der Waals surface area contributed by atoms with Crippen molar-refractivity contribution in [2.45, 2.75) is 27.3 Å². The first-order valence-corrected chi connectivity index (χ1v) is 12.3. The average Bonchev–Trinajstić information content (AvgIpc) is 3.44. The van der Waals surface area contributed by atoms with Crippen molar-refractivity contribution in [2.75, 3.05) is 6.61 Å². The highest BCUT2D eigenvalue weighted by atomic mass is 16.6. The molecule has 0 aliphatic rings. The molecule has 0 bridgehead atoms. The van der Waals surface area contributed by atoms with Crippen LogP contribution in [0.2, 0.25) is 0 Å². The van der Waals surface area contributed by atoms with Crippen molar-refractivity contribution in [3.05, 3.63) is 115 Å². The number of nitro benzene ring substituents is 1. The molecule has 4 heterocycles. The van der Waals surface area contributed by atoms with Crippen LogP contribution in [0.1, 0.15) is 44.5 Å². The third-order valence-electron chi connectivity index (χ3n) is 6.43. The van der Waals surface area contributed by atoms with E-state index in [9.17, 15) is 24.5 Å². The second-order valence-corrected chi connectivity index (χ2v) is 8.93. The molecule has 0 radical (unpaired) electrons. The molecule has 0 saturated carbocycles. The molecular weight excluding hydrogens is 518 g/mol. The van der Waals surface area contributed by atoms with Crippen molar-refractivity contribution >= 4 is 34.2 Å². The fraction of sp³-hybridized carbons (Fsp3) is 0.179. The van der Waals surface area contributed by atoms with Gasteiger partial charge in [0, 0.05) is 17.8 Å². The Balaban J connectivity index is 1.91. The Morgan fingerprint density at radius 1 is 1.10 bits per heavy atom. The summed E-state index contributed by atoms with van der Waals surface area (Å²) in [5.74, 6) is -1.20. The fourth-order valence-corrected chi connectivity index (χ4v) is 4.48. The van der Waals surface area contributed by atoms with Gasteiger partial charge in [-0.1, -0.05) is 12.1 Å². The Labute approximate surface area is 226 Å². The number of hydrogen-bond acceptors (Lipinski definition) is 8. The summed E-state index contributed by atoms with van der Waals surface area (Å²) in [7, 11) is 0. The molecule has 1 aromatic carbocycles. The number of nitro groups is 1. The summed E-state index contributed by atoms with van der Waals surface area (Å²) in [5, 5.41) is 11.6. The number of amides is 1. The van der Waals surface area contributed by atoms with Crippen molar-refractivity contribution in [1.29, 1.82) is 0 Å². The number of rotatable bonds is 6. The summed E-state index contributed by atoms with van der Waals surface area (Å²) in [4.78, 5) is 60.1. The summed E-state index contributed by atoms with van der Waals surface area (Å²) in [6.45, 7) is 4.86. The number of pyridine rings is 2. The molecular formula is C28H23N5O7. The van der Waals surface area contributed by atoms with Gasteiger partial charge in [0.05, 0.1) is 35.3 Å².